The van der Waals surface area contributed by atoms with Crippen molar-refractivity contribution >= 4 is 11.8 Å². The Bertz CT molecular complexity index is 926. The van der Waals surface area contributed by atoms with Gasteiger partial charge in [-0.05, 0) is 55.4 Å². The van der Waals surface area contributed by atoms with Crippen molar-refractivity contribution < 1.29 is 14.3 Å². The fourth-order valence-corrected chi connectivity index (χ4v) is 5.08. The van der Waals surface area contributed by atoms with Gasteiger partial charge in [-0.1, -0.05) is 42.5 Å². The zero-order chi connectivity index (χ0) is 23.8. The van der Waals surface area contributed by atoms with Crippen molar-refractivity contribution in [3.63, 3.8) is 0 Å². The molecule has 6 nitrogen and oxygen atoms in total. The van der Waals surface area contributed by atoms with Gasteiger partial charge in [0.25, 0.3) is 0 Å². The molecule has 1 unspecified atom stereocenters. The molecule has 6 heteroatoms. The number of nitrogens with zero attached hydrogens (tertiary/aromatic N) is 3. The number of rotatable bonds is 7. The SMILES string of the molecule is COc1ccc(CCC(=O)N2CCCN(C(C(=O)N3CCCCC3)c3ccccc3)CC2)cc1. The van der Waals surface area contributed by atoms with Crippen molar-refractivity contribution in [2.45, 2.75) is 44.6 Å². The van der Waals surface area contributed by atoms with Gasteiger partial charge in [-0.3, -0.25) is 14.5 Å². The second kappa shape index (κ2) is 12.0. The van der Waals surface area contributed by atoms with E-state index < -0.39 is 0 Å². The number of carbonyl (C=O) groups excluding carboxylic acids is 2. The third kappa shape index (κ3) is 6.17. The molecular formula is C28H37N3O3. The molecule has 0 aliphatic carbocycles. The molecule has 0 bridgehead atoms. The first-order valence-corrected chi connectivity index (χ1v) is 12.6. The predicted octanol–water partition coefficient (Wildman–Crippen LogP) is 3.92. The number of likely N-dealkylation sites (tertiary alicyclic amines) is 1. The van der Waals surface area contributed by atoms with Crippen molar-refractivity contribution in [1.29, 1.82) is 0 Å². The monoisotopic (exact) mass is 463 g/mol. The summed E-state index contributed by atoms with van der Waals surface area (Å²) in [5, 5.41) is 0. The third-order valence-corrected chi connectivity index (χ3v) is 7.05. The Morgan fingerprint density at radius 1 is 0.794 bits per heavy atom. The molecule has 2 aromatic carbocycles. The molecule has 4 rings (SSSR count). The van der Waals surface area contributed by atoms with Crippen LogP contribution in [0.2, 0.25) is 0 Å². The lowest BCUT2D eigenvalue weighted by Crippen LogP contribution is -2.46. The molecule has 2 amide bonds. The summed E-state index contributed by atoms with van der Waals surface area (Å²) in [5.41, 5.74) is 2.19. The quantitative estimate of drug-likeness (QED) is 0.625. The van der Waals surface area contributed by atoms with Crippen LogP contribution >= 0.6 is 0 Å². The van der Waals surface area contributed by atoms with E-state index in [1.807, 2.05) is 52.3 Å². The van der Waals surface area contributed by atoms with Crippen molar-refractivity contribution in [3.8, 4) is 5.75 Å². The van der Waals surface area contributed by atoms with E-state index in [2.05, 4.69) is 17.0 Å². The maximum atomic E-state index is 13.6. The zero-order valence-corrected chi connectivity index (χ0v) is 20.3. The Kier molecular flexibility index (Phi) is 8.58. The van der Waals surface area contributed by atoms with Crippen LogP contribution in [-0.2, 0) is 16.0 Å². The van der Waals surface area contributed by atoms with Crippen LogP contribution in [0.15, 0.2) is 54.6 Å². The van der Waals surface area contributed by atoms with Gasteiger partial charge in [0.1, 0.15) is 11.8 Å². The largest absolute Gasteiger partial charge is 0.497 e. The van der Waals surface area contributed by atoms with Crippen molar-refractivity contribution in [1.82, 2.24) is 14.7 Å². The minimum atomic E-state index is -0.270. The Hall–Kier alpha value is -2.86. The van der Waals surface area contributed by atoms with Gasteiger partial charge >= 0.3 is 0 Å². The van der Waals surface area contributed by atoms with Crippen molar-refractivity contribution in [2.24, 2.45) is 0 Å². The van der Waals surface area contributed by atoms with E-state index in [0.717, 1.165) is 68.7 Å². The summed E-state index contributed by atoms with van der Waals surface area (Å²) < 4.78 is 5.21. The van der Waals surface area contributed by atoms with E-state index in [4.69, 9.17) is 4.74 Å². The molecule has 0 aromatic heterocycles. The van der Waals surface area contributed by atoms with Gasteiger partial charge < -0.3 is 14.5 Å². The first kappa shape index (κ1) is 24.3. The maximum absolute atomic E-state index is 13.6. The third-order valence-electron chi connectivity index (χ3n) is 7.05. The topological polar surface area (TPSA) is 53.1 Å². The number of piperidine rings is 1. The molecule has 182 valence electrons. The lowest BCUT2D eigenvalue weighted by Gasteiger charge is -2.36. The van der Waals surface area contributed by atoms with Gasteiger partial charge in [-0.15, -0.1) is 0 Å². The van der Waals surface area contributed by atoms with Crippen molar-refractivity contribution in [3.05, 3.63) is 65.7 Å². The van der Waals surface area contributed by atoms with E-state index in [9.17, 15) is 9.59 Å². The van der Waals surface area contributed by atoms with Crippen LogP contribution < -0.4 is 4.74 Å². The second-order valence-corrected chi connectivity index (χ2v) is 9.32. The highest BCUT2D eigenvalue weighted by atomic mass is 16.5. The molecule has 0 saturated carbocycles. The Morgan fingerprint density at radius 2 is 1.50 bits per heavy atom. The van der Waals surface area contributed by atoms with Gasteiger partial charge in [-0.25, -0.2) is 0 Å². The maximum Gasteiger partial charge on any atom is 0.244 e. The van der Waals surface area contributed by atoms with Crippen molar-refractivity contribution in [2.75, 3.05) is 46.4 Å². The lowest BCUT2D eigenvalue weighted by molar-refractivity contribution is -0.138. The summed E-state index contributed by atoms with van der Waals surface area (Å²) in [6.45, 7) is 4.65. The standard InChI is InChI=1S/C28H37N3O3/c1-34-25-14-11-23(12-15-25)13-16-26(32)29-19-8-20-30(22-21-29)27(24-9-4-2-5-10-24)28(33)31-17-6-3-7-18-31/h2,4-5,9-12,14-15,27H,3,6-8,13,16-22H2,1H3. The molecule has 0 N–H and O–H groups in total. The Labute approximate surface area is 203 Å². The highest BCUT2D eigenvalue weighted by Crippen LogP contribution is 2.26. The van der Waals surface area contributed by atoms with E-state index in [0.29, 0.717) is 19.5 Å². The van der Waals surface area contributed by atoms with Gasteiger partial charge in [0.05, 0.1) is 7.11 Å². The van der Waals surface area contributed by atoms with E-state index in [-0.39, 0.29) is 17.9 Å². The van der Waals surface area contributed by atoms with Crippen LogP contribution in [0.4, 0.5) is 0 Å². The summed E-state index contributed by atoms with van der Waals surface area (Å²) in [7, 11) is 1.66. The second-order valence-electron chi connectivity index (χ2n) is 9.32. The molecule has 2 aliphatic heterocycles. The van der Waals surface area contributed by atoms with Crippen LogP contribution in [-0.4, -0.2) is 72.9 Å². The molecule has 0 spiro atoms. The molecule has 0 radical (unpaired) electrons. The molecule has 2 fully saturated rings. The molecule has 2 aromatic rings. The van der Waals surface area contributed by atoms with Gasteiger partial charge in [0.2, 0.25) is 11.8 Å². The first-order valence-electron chi connectivity index (χ1n) is 12.6. The van der Waals surface area contributed by atoms with E-state index in [1.54, 1.807) is 7.11 Å². The fraction of sp³-hybridized carbons (Fsp3) is 0.500. The number of amides is 2. The predicted molar refractivity (Wildman–Crippen MR) is 134 cm³/mol. The van der Waals surface area contributed by atoms with Gasteiger partial charge in [-0.2, -0.15) is 0 Å². The molecule has 1 atom stereocenters. The molecule has 2 saturated heterocycles. The van der Waals surface area contributed by atoms with E-state index >= 15 is 0 Å². The number of ether oxygens (including phenoxy) is 1. The van der Waals surface area contributed by atoms with Crippen LogP contribution in [0.25, 0.3) is 0 Å². The number of hydrogen-bond donors (Lipinski definition) is 0. The Morgan fingerprint density at radius 3 is 2.21 bits per heavy atom. The Balaban J connectivity index is 1.39. The number of aryl methyl sites for hydroxylation is 1. The van der Waals surface area contributed by atoms with Crippen LogP contribution in [0.1, 0.15) is 49.3 Å². The van der Waals surface area contributed by atoms with Crippen LogP contribution in [0.5, 0.6) is 5.75 Å². The van der Waals surface area contributed by atoms with E-state index in [1.165, 1.54) is 6.42 Å². The molecule has 2 heterocycles. The molecule has 2 aliphatic rings. The average Bonchev–Trinajstić information content (AvgIpc) is 3.15. The van der Waals surface area contributed by atoms with Gasteiger partial charge in [0.15, 0.2) is 0 Å². The normalized spacial score (nSPS) is 18.3. The summed E-state index contributed by atoms with van der Waals surface area (Å²) in [5.74, 6) is 1.23. The highest BCUT2D eigenvalue weighted by Gasteiger charge is 2.33. The van der Waals surface area contributed by atoms with Crippen LogP contribution in [0.3, 0.4) is 0 Å². The number of carbonyl (C=O) groups is 2. The zero-order valence-electron chi connectivity index (χ0n) is 20.3. The van der Waals surface area contributed by atoms with Gasteiger partial charge in [0, 0.05) is 45.7 Å². The smallest absolute Gasteiger partial charge is 0.244 e. The first-order chi connectivity index (χ1) is 16.7. The summed E-state index contributed by atoms with van der Waals surface area (Å²) >= 11 is 0. The molecular weight excluding hydrogens is 426 g/mol. The average molecular weight is 464 g/mol. The fourth-order valence-electron chi connectivity index (χ4n) is 5.08. The number of methoxy groups -OCH3 is 1. The summed E-state index contributed by atoms with van der Waals surface area (Å²) in [6, 6.07) is 17.8. The lowest BCUT2D eigenvalue weighted by atomic mass is 10.0. The summed E-state index contributed by atoms with van der Waals surface area (Å²) in [6.07, 6.45) is 5.49. The number of benzene rings is 2. The summed E-state index contributed by atoms with van der Waals surface area (Å²) in [4.78, 5) is 32.9. The number of hydrogen-bond acceptors (Lipinski definition) is 4. The molecule has 34 heavy (non-hydrogen) atoms. The highest BCUT2D eigenvalue weighted by molar-refractivity contribution is 5.83. The minimum Gasteiger partial charge on any atom is -0.497 e. The van der Waals surface area contributed by atoms with Crippen LogP contribution in [0, 0.1) is 0 Å². The minimum absolute atomic E-state index is 0.191.